The Morgan fingerprint density at radius 1 is 1.06 bits per heavy atom. The molecule has 3 nitrogen and oxygen atoms in total. The lowest BCUT2D eigenvalue weighted by Crippen LogP contribution is -1.95. The van der Waals surface area contributed by atoms with Crippen LogP contribution in [0.1, 0.15) is 21.9 Å². The van der Waals surface area contributed by atoms with Crippen LogP contribution in [0.5, 0.6) is 11.5 Å². The van der Waals surface area contributed by atoms with Crippen LogP contribution in [0.3, 0.4) is 0 Å². The molecule has 1 unspecified atom stereocenters. The molecular weight excluding hydrogens is 296 g/mol. The average molecular weight is 311 g/mol. The number of halogens is 1. The van der Waals surface area contributed by atoms with Crippen molar-refractivity contribution in [3.8, 4) is 11.5 Å². The third kappa shape index (κ3) is 2.53. The smallest absolute Gasteiger partial charge is 0.161 e. The van der Waals surface area contributed by atoms with E-state index >= 15 is 0 Å². The molecule has 0 bridgehead atoms. The topological polar surface area (TPSA) is 31.6 Å². The summed E-state index contributed by atoms with van der Waals surface area (Å²) < 4.78 is 16.1. The van der Waals surface area contributed by atoms with Gasteiger partial charge < -0.3 is 13.9 Å². The Hall–Kier alpha value is -1.42. The standard InChI is InChI=1S/C14H15BrO3/c1-9-4-6-12(18-9)14(15)10-5-7-11(16-2)13(8-10)17-3/h4-8,14H,1-3H3. The monoisotopic (exact) mass is 310 g/mol. The molecule has 4 heteroatoms. The quantitative estimate of drug-likeness (QED) is 0.797. The summed E-state index contributed by atoms with van der Waals surface area (Å²) in [6.45, 7) is 1.93. The van der Waals surface area contributed by atoms with Gasteiger partial charge in [-0.3, -0.25) is 0 Å². The number of furan rings is 1. The Labute approximate surface area is 115 Å². The van der Waals surface area contributed by atoms with Crippen molar-refractivity contribution in [3.63, 3.8) is 0 Å². The summed E-state index contributed by atoms with van der Waals surface area (Å²) >= 11 is 3.63. The Morgan fingerprint density at radius 2 is 1.78 bits per heavy atom. The minimum atomic E-state index is 0.00556. The summed E-state index contributed by atoms with van der Waals surface area (Å²) in [4.78, 5) is 0.00556. The number of benzene rings is 1. The lowest BCUT2D eigenvalue weighted by atomic mass is 10.1. The summed E-state index contributed by atoms with van der Waals surface area (Å²) in [6, 6.07) is 9.72. The van der Waals surface area contributed by atoms with Gasteiger partial charge in [0, 0.05) is 0 Å². The maximum absolute atomic E-state index is 5.61. The molecule has 0 aliphatic carbocycles. The molecule has 1 aromatic heterocycles. The van der Waals surface area contributed by atoms with Gasteiger partial charge in [-0.15, -0.1) is 0 Å². The number of methoxy groups -OCH3 is 2. The van der Waals surface area contributed by atoms with Crippen molar-refractivity contribution in [2.24, 2.45) is 0 Å². The fourth-order valence-electron chi connectivity index (χ4n) is 1.76. The molecule has 0 spiro atoms. The van der Waals surface area contributed by atoms with Gasteiger partial charge in [0.2, 0.25) is 0 Å². The number of aryl methyl sites for hydroxylation is 1. The maximum atomic E-state index is 5.61. The largest absolute Gasteiger partial charge is 0.493 e. The normalized spacial score (nSPS) is 12.2. The fourth-order valence-corrected chi connectivity index (χ4v) is 2.30. The van der Waals surface area contributed by atoms with E-state index in [0.717, 1.165) is 22.8 Å². The maximum Gasteiger partial charge on any atom is 0.161 e. The molecule has 0 radical (unpaired) electrons. The number of alkyl halides is 1. The van der Waals surface area contributed by atoms with Crippen LogP contribution in [0, 0.1) is 6.92 Å². The van der Waals surface area contributed by atoms with Crippen LogP contribution < -0.4 is 9.47 Å². The molecule has 0 saturated carbocycles. The van der Waals surface area contributed by atoms with Gasteiger partial charge in [-0.1, -0.05) is 22.0 Å². The highest BCUT2D eigenvalue weighted by Gasteiger charge is 2.16. The molecule has 0 aliphatic rings. The third-order valence-corrected chi connectivity index (χ3v) is 3.69. The highest BCUT2D eigenvalue weighted by atomic mass is 79.9. The zero-order chi connectivity index (χ0) is 13.1. The van der Waals surface area contributed by atoms with Crippen LogP contribution in [0.2, 0.25) is 0 Å². The summed E-state index contributed by atoms with van der Waals surface area (Å²) in [5, 5.41) is 0. The second-order valence-corrected chi connectivity index (χ2v) is 4.84. The van der Waals surface area contributed by atoms with Crippen molar-refractivity contribution < 1.29 is 13.9 Å². The molecule has 0 fully saturated rings. The van der Waals surface area contributed by atoms with Crippen LogP contribution in [-0.2, 0) is 0 Å². The second kappa shape index (κ2) is 5.48. The molecule has 18 heavy (non-hydrogen) atoms. The van der Waals surface area contributed by atoms with Gasteiger partial charge in [-0.05, 0) is 36.8 Å². The van der Waals surface area contributed by atoms with Gasteiger partial charge in [0.25, 0.3) is 0 Å². The average Bonchev–Trinajstić information content (AvgIpc) is 2.83. The van der Waals surface area contributed by atoms with E-state index in [2.05, 4.69) is 15.9 Å². The van der Waals surface area contributed by atoms with E-state index in [1.165, 1.54) is 0 Å². The molecule has 1 aromatic carbocycles. The van der Waals surface area contributed by atoms with Gasteiger partial charge in [-0.2, -0.15) is 0 Å². The minimum absolute atomic E-state index is 0.00556. The highest BCUT2D eigenvalue weighted by molar-refractivity contribution is 9.09. The number of ether oxygens (including phenoxy) is 2. The van der Waals surface area contributed by atoms with Gasteiger partial charge in [0.15, 0.2) is 11.5 Å². The zero-order valence-corrected chi connectivity index (χ0v) is 12.2. The van der Waals surface area contributed by atoms with Crippen molar-refractivity contribution >= 4 is 15.9 Å². The van der Waals surface area contributed by atoms with Gasteiger partial charge in [-0.25, -0.2) is 0 Å². The first-order valence-corrected chi connectivity index (χ1v) is 6.49. The molecule has 2 aromatic rings. The van der Waals surface area contributed by atoms with E-state index < -0.39 is 0 Å². The van der Waals surface area contributed by atoms with E-state index in [9.17, 15) is 0 Å². The number of hydrogen-bond donors (Lipinski definition) is 0. The molecule has 2 rings (SSSR count). The molecule has 0 amide bonds. The van der Waals surface area contributed by atoms with E-state index in [-0.39, 0.29) is 4.83 Å². The van der Waals surface area contributed by atoms with Crippen molar-refractivity contribution in [2.45, 2.75) is 11.8 Å². The minimum Gasteiger partial charge on any atom is -0.493 e. The third-order valence-electron chi connectivity index (χ3n) is 2.71. The highest BCUT2D eigenvalue weighted by Crippen LogP contribution is 2.36. The van der Waals surface area contributed by atoms with Crippen LogP contribution in [0.4, 0.5) is 0 Å². The Bertz CT molecular complexity index is 534. The van der Waals surface area contributed by atoms with Crippen LogP contribution in [0.15, 0.2) is 34.7 Å². The predicted molar refractivity (Wildman–Crippen MR) is 73.8 cm³/mol. The number of hydrogen-bond acceptors (Lipinski definition) is 3. The lowest BCUT2D eigenvalue weighted by molar-refractivity contribution is 0.354. The van der Waals surface area contributed by atoms with Crippen LogP contribution >= 0.6 is 15.9 Å². The summed E-state index contributed by atoms with van der Waals surface area (Å²) in [5.41, 5.74) is 1.06. The van der Waals surface area contributed by atoms with Crippen molar-refractivity contribution in [2.75, 3.05) is 14.2 Å². The lowest BCUT2D eigenvalue weighted by Gasteiger charge is -2.12. The van der Waals surface area contributed by atoms with Gasteiger partial charge in [0.05, 0.1) is 19.0 Å². The first-order valence-electron chi connectivity index (χ1n) is 5.58. The molecule has 0 saturated heterocycles. The Morgan fingerprint density at radius 3 is 2.33 bits per heavy atom. The van der Waals surface area contributed by atoms with E-state index in [1.54, 1.807) is 14.2 Å². The second-order valence-electron chi connectivity index (χ2n) is 3.93. The predicted octanol–water partition coefficient (Wildman–Crippen LogP) is 4.09. The van der Waals surface area contributed by atoms with Crippen LogP contribution in [0.25, 0.3) is 0 Å². The first kappa shape index (κ1) is 13.0. The summed E-state index contributed by atoms with van der Waals surface area (Å²) in [5.74, 6) is 3.20. The van der Waals surface area contributed by atoms with Gasteiger partial charge >= 0.3 is 0 Å². The Balaban J connectivity index is 2.33. The van der Waals surface area contributed by atoms with E-state index in [0.29, 0.717) is 5.75 Å². The molecule has 0 aliphatic heterocycles. The van der Waals surface area contributed by atoms with Crippen molar-refractivity contribution in [1.29, 1.82) is 0 Å². The van der Waals surface area contributed by atoms with E-state index in [1.807, 2.05) is 37.3 Å². The Kier molecular flexibility index (Phi) is 3.97. The molecule has 0 N–H and O–H groups in total. The summed E-state index contributed by atoms with van der Waals surface area (Å²) in [6.07, 6.45) is 0. The molecule has 1 atom stereocenters. The fraction of sp³-hybridized carbons (Fsp3) is 0.286. The molecular formula is C14H15BrO3. The molecule has 96 valence electrons. The summed E-state index contributed by atoms with van der Waals surface area (Å²) in [7, 11) is 3.25. The molecule has 1 heterocycles. The van der Waals surface area contributed by atoms with Gasteiger partial charge in [0.1, 0.15) is 11.5 Å². The van der Waals surface area contributed by atoms with Crippen molar-refractivity contribution in [1.82, 2.24) is 0 Å². The number of rotatable bonds is 4. The first-order chi connectivity index (χ1) is 8.65. The SMILES string of the molecule is COc1ccc(C(Br)c2ccc(C)o2)cc1OC. The van der Waals surface area contributed by atoms with Crippen molar-refractivity contribution in [3.05, 3.63) is 47.4 Å². The van der Waals surface area contributed by atoms with Crippen LogP contribution in [-0.4, -0.2) is 14.2 Å². The van der Waals surface area contributed by atoms with E-state index in [4.69, 9.17) is 13.9 Å². The zero-order valence-electron chi connectivity index (χ0n) is 10.6.